The van der Waals surface area contributed by atoms with E-state index in [4.69, 9.17) is 19.2 Å². The van der Waals surface area contributed by atoms with E-state index in [0.717, 1.165) is 16.5 Å². The van der Waals surface area contributed by atoms with Gasteiger partial charge in [-0.3, -0.25) is 4.79 Å². The lowest BCUT2D eigenvalue weighted by Crippen LogP contribution is -2.30. The smallest absolute Gasteiger partial charge is 0.254 e. The Kier molecular flexibility index (Phi) is 6.22. The molecule has 29 heavy (non-hydrogen) atoms. The fourth-order valence-electron chi connectivity index (χ4n) is 3.41. The topological polar surface area (TPSA) is 60.9 Å². The number of fused-ring (bicyclic) bond motifs is 1. The van der Waals surface area contributed by atoms with Gasteiger partial charge in [-0.1, -0.05) is 18.2 Å². The van der Waals surface area contributed by atoms with Crippen LogP contribution in [0.5, 0.6) is 17.2 Å². The number of carbonyl (C=O) groups is 1. The Hall–Kier alpha value is -3.28. The van der Waals surface area contributed by atoms with Crippen LogP contribution in [0.3, 0.4) is 0 Å². The first kappa shape index (κ1) is 20.5. The Bertz CT molecular complexity index is 1000. The van der Waals surface area contributed by atoms with Crippen LogP contribution in [0.15, 0.2) is 42.5 Å². The highest BCUT2D eigenvalue weighted by atomic mass is 16.5. The van der Waals surface area contributed by atoms with E-state index in [1.807, 2.05) is 56.3 Å². The first-order chi connectivity index (χ1) is 14.1. The van der Waals surface area contributed by atoms with Gasteiger partial charge in [-0.05, 0) is 38.1 Å². The maximum Gasteiger partial charge on any atom is 0.254 e. The van der Waals surface area contributed by atoms with Crippen molar-refractivity contribution in [2.75, 3.05) is 34.4 Å². The number of hydrogen-bond donors (Lipinski definition) is 0. The second kappa shape index (κ2) is 8.82. The lowest BCUT2D eigenvalue weighted by molar-refractivity contribution is 0.0775. The lowest BCUT2D eigenvalue weighted by Gasteiger charge is -2.20. The summed E-state index contributed by atoms with van der Waals surface area (Å²) < 4.78 is 16.4. The number of nitrogens with zero attached hydrogens (tertiary/aromatic N) is 2. The lowest BCUT2D eigenvalue weighted by atomic mass is 10.0. The summed E-state index contributed by atoms with van der Waals surface area (Å²) in [5, 5.41) is 0.834. The highest BCUT2D eigenvalue weighted by Crippen LogP contribution is 2.41. The zero-order valence-electron chi connectivity index (χ0n) is 17.5. The van der Waals surface area contributed by atoms with Crippen LogP contribution in [-0.2, 0) is 0 Å². The van der Waals surface area contributed by atoms with Crippen molar-refractivity contribution in [2.45, 2.75) is 13.8 Å². The number of benzene rings is 2. The fraction of sp³-hybridized carbons (Fsp3) is 0.304. The van der Waals surface area contributed by atoms with Crippen molar-refractivity contribution in [1.82, 2.24) is 9.88 Å². The van der Waals surface area contributed by atoms with E-state index in [1.165, 1.54) is 0 Å². The van der Waals surface area contributed by atoms with Crippen molar-refractivity contribution >= 4 is 16.8 Å². The minimum atomic E-state index is -0.0118. The molecule has 152 valence electrons. The average molecular weight is 394 g/mol. The number of rotatable bonds is 7. The fourth-order valence-corrected chi connectivity index (χ4v) is 3.41. The number of pyridine rings is 1. The first-order valence-electron chi connectivity index (χ1n) is 9.57. The second-order valence-corrected chi connectivity index (χ2v) is 6.46. The van der Waals surface area contributed by atoms with Crippen molar-refractivity contribution in [1.29, 1.82) is 0 Å². The van der Waals surface area contributed by atoms with Gasteiger partial charge in [0.1, 0.15) is 0 Å². The SMILES string of the molecule is CCN(CC)C(=O)c1cc(-c2cc(OC)c(OC)c(OC)c2)nc2ccccc12. The molecular formula is C23H26N2O4. The molecule has 0 unspecified atom stereocenters. The highest BCUT2D eigenvalue weighted by Gasteiger charge is 2.20. The maximum absolute atomic E-state index is 13.2. The molecule has 0 spiro atoms. The number of hydrogen-bond acceptors (Lipinski definition) is 5. The highest BCUT2D eigenvalue weighted by molar-refractivity contribution is 6.07. The molecule has 6 nitrogen and oxygen atoms in total. The van der Waals surface area contributed by atoms with E-state index in [0.29, 0.717) is 41.6 Å². The van der Waals surface area contributed by atoms with E-state index in [9.17, 15) is 4.79 Å². The predicted octanol–water partition coefficient (Wildman–Crippen LogP) is 4.41. The van der Waals surface area contributed by atoms with Crippen LogP contribution in [-0.4, -0.2) is 50.2 Å². The zero-order valence-corrected chi connectivity index (χ0v) is 17.5. The summed E-state index contributed by atoms with van der Waals surface area (Å²) in [5.74, 6) is 1.57. The van der Waals surface area contributed by atoms with E-state index in [1.54, 1.807) is 26.2 Å². The minimum Gasteiger partial charge on any atom is -0.493 e. The Balaban J connectivity index is 2.25. The Morgan fingerprint density at radius 1 is 0.931 bits per heavy atom. The van der Waals surface area contributed by atoms with Gasteiger partial charge in [0.25, 0.3) is 5.91 Å². The van der Waals surface area contributed by atoms with Crippen LogP contribution in [0.2, 0.25) is 0 Å². The molecule has 2 aromatic carbocycles. The molecule has 1 aromatic heterocycles. The summed E-state index contributed by atoms with van der Waals surface area (Å²) in [6.45, 7) is 5.24. The van der Waals surface area contributed by atoms with Gasteiger partial charge in [0, 0.05) is 24.0 Å². The number of carbonyl (C=O) groups excluding carboxylic acids is 1. The van der Waals surface area contributed by atoms with E-state index < -0.39 is 0 Å². The van der Waals surface area contributed by atoms with Gasteiger partial charge in [-0.15, -0.1) is 0 Å². The number of aromatic nitrogens is 1. The quantitative estimate of drug-likeness (QED) is 0.594. The number of amides is 1. The normalized spacial score (nSPS) is 10.7. The van der Waals surface area contributed by atoms with Crippen molar-refractivity contribution in [2.24, 2.45) is 0 Å². The maximum atomic E-state index is 13.2. The summed E-state index contributed by atoms with van der Waals surface area (Å²) in [6, 6.07) is 13.2. The molecule has 0 aliphatic rings. The summed E-state index contributed by atoms with van der Waals surface area (Å²) in [4.78, 5) is 19.8. The summed E-state index contributed by atoms with van der Waals surface area (Å²) in [5.41, 5.74) is 2.83. The molecular weight excluding hydrogens is 368 g/mol. The zero-order chi connectivity index (χ0) is 21.0. The van der Waals surface area contributed by atoms with Crippen molar-refractivity contribution < 1.29 is 19.0 Å². The standard InChI is InChI=1S/C23H26N2O4/c1-6-25(7-2)23(26)17-14-19(24-18-11-9-8-10-16(17)18)15-12-20(27-3)22(29-5)21(13-15)28-4/h8-14H,6-7H2,1-5H3. The third-order valence-electron chi connectivity index (χ3n) is 4.96. The second-order valence-electron chi connectivity index (χ2n) is 6.46. The van der Waals surface area contributed by atoms with Crippen LogP contribution in [0.4, 0.5) is 0 Å². The summed E-state index contributed by atoms with van der Waals surface area (Å²) in [7, 11) is 4.71. The van der Waals surface area contributed by atoms with Gasteiger partial charge >= 0.3 is 0 Å². The molecule has 0 fully saturated rings. The van der Waals surface area contributed by atoms with E-state index in [-0.39, 0.29) is 5.91 Å². The Labute approximate surface area is 171 Å². The molecule has 3 rings (SSSR count). The average Bonchev–Trinajstić information content (AvgIpc) is 2.77. The molecule has 0 aliphatic heterocycles. The van der Waals surface area contributed by atoms with E-state index in [2.05, 4.69) is 0 Å². The van der Waals surface area contributed by atoms with Crippen molar-refractivity contribution in [3.8, 4) is 28.5 Å². The molecule has 0 saturated heterocycles. The monoisotopic (exact) mass is 394 g/mol. The van der Waals surface area contributed by atoms with Gasteiger partial charge in [-0.25, -0.2) is 4.98 Å². The number of para-hydroxylation sites is 1. The Morgan fingerprint density at radius 2 is 1.55 bits per heavy atom. The van der Waals surface area contributed by atoms with Crippen molar-refractivity contribution in [3.05, 3.63) is 48.0 Å². The van der Waals surface area contributed by atoms with Crippen LogP contribution < -0.4 is 14.2 Å². The van der Waals surface area contributed by atoms with E-state index >= 15 is 0 Å². The molecule has 0 bridgehead atoms. The molecule has 0 saturated carbocycles. The van der Waals surface area contributed by atoms with Crippen LogP contribution >= 0.6 is 0 Å². The molecule has 3 aromatic rings. The van der Waals surface area contributed by atoms with Crippen molar-refractivity contribution in [3.63, 3.8) is 0 Å². The van der Waals surface area contributed by atoms with Gasteiger partial charge in [0.15, 0.2) is 11.5 Å². The summed E-state index contributed by atoms with van der Waals surface area (Å²) >= 11 is 0. The first-order valence-corrected chi connectivity index (χ1v) is 9.57. The Morgan fingerprint density at radius 3 is 2.10 bits per heavy atom. The minimum absolute atomic E-state index is 0.0118. The van der Waals surface area contributed by atoms with Gasteiger partial charge in [0.2, 0.25) is 5.75 Å². The van der Waals surface area contributed by atoms with Gasteiger partial charge < -0.3 is 19.1 Å². The number of methoxy groups -OCH3 is 3. The van der Waals surface area contributed by atoms with Crippen LogP contribution in [0.25, 0.3) is 22.2 Å². The molecule has 0 N–H and O–H groups in total. The third-order valence-corrected chi connectivity index (χ3v) is 4.96. The third kappa shape index (κ3) is 3.83. The molecule has 0 aliphatic carbocycles. The largest absolute Gasteiger partial charge is 0.493 e. The number of ether oxygens (including phenoxy) is 3. The van der Waals surface area contributed by atoms with Crippen LogP contribution in [0.1, 0.15) is 24.2 Å². The molecule has 0 atom stereocenters. The van der Waals surface area contributed by atoms with Crippen LogP contribution in [0, 0.1) is 0 Å². The summed E-state index contributed by atoms with van der Waals surface area (Å²) in [6.07, 6.45) is 0. The predicted molar refractivity (Wildman–Crippen MR) is 114 cm³/mol. The molecule has 1 heterocycles. The van der Waals surface area contributed by atoms with Gasteiger partial charge in [-0.2, -0.15) is 0 Å². The van der Waals surface area contributed by atoms with Gasteiger partial charge in [0.05, 0.1) is 38.1 Å². The molecule has 1 amide bonds. The molecule has 0 radical (unpaired) electrons. The molecule has 6 heteroatoms.